The molecule has 0 N–H and O–H groups in total. The van der Waals surface area contributed by atoms with Crippen LogP contribution in [0.15, 0.2) is 30.3 Å². The van der Waals surface area contributed by atoms with Crippen molar-refractivity contribution in [3.05, 3.63) is 35.9 Å². The maximum Gasteiger partial charge on any atom is 0.230 e. The molecule has 1 saturated carbocycles. The molecule has 1 aromatic carbocycles. The monoisotopic (exact) mass is 231 g/mol. The average Bonchev–Trinajstić information content (AvgIpc) is 3.17. The lowest BCUT2D eigenvalue weighted by Gasteiger charge is -2.25. The molecule has 0 spiro atoms. The molecular weight excluding hydrogens is 210 g/mol. The molecule has 1 fully saturated rings. The molecule has 0 bridgehead atoms. The van der Waals surface area contributed by atoms with Crippen LogP contribution in [0.1, 0.15) is 38.2 Å². The molecule has 0 saturated heterocycles. The topological polar surface area (TPSA) is 20.3 Å². The highest BCUT2D eigenvalue weighted by atomic mass is 16.2. The van der Waals surface area contributed by atoms with Crippen molar-refractivity contribution < 1.29 is 4.79 Å². The summed E-state index contributed by atoms with van der Waals surface area (Å²) in [6.07, 6.45) is 2.40. The SMILES string of the molecule is CCN(CC)C(=O)C(c1ccccc1)C1CC1. The first-order valence-electron chi connectivity index (χ1n) is 6.61. The first kappa shape index (κ1) is 12.2. The van der Waals surface area contributed by atoms with Gasteiger partial charge in [0.05, 0.1) is 5.92 Å². The summed E-state index contributed by atoms with van der Waals surface area (Å²) < 4.78 is 0. The zero-order valence-electron chi connectivity index (χ0n) is 10.7. The van der Waals surface area contributed by atoms with E-state index in [0.717, 1.165) is 13.1 Å². The minimum Gasteiger partial charge on any atom is -0.343 e. The number of benzene rings is 1. The van der Waals surface area contributed by atoms with Crippen molar-refractivity contribution >= 4 is 5.91 Å². The number of carbonyl (C=O) groups is 1. The Labute approximate surface area is 104 Å². The van der Waals surface area contributed by atoms with Gasteiger partial charge in [0, 0.05) is 13.1 Å². The van der Waals surface area contributed by atoms with E-state index in [1.54, 1.807) is 0 Å². The second-order valence-electron chi connectivity index (χ2n) is 4.74. The van der Waals surface area contributed by atoms with Gasteiger partial charge in [0.15, 0.2) is 0 Å². The van der Waals surface area contributed by atoms with E-state index in [4.69, 9.17) is 0 Å². The molecule has 1 aliphatic rings. The van der Waals surface area contributed by atoms with E-state index in [-0.39, 0.29) is 5.92 Å². The largest absolute Gasteiger partial charge is 0.343 e. The van der Waals surface area contributed by atoms with Crippen LogP contribution in [0.4, 0.5) is 0 Å². The molecule has 2 rings (SSSR count). The molecule has 2 nitrogen and oxygen atoms in total. The number of carbonyl (C=O) groups excluding carboxylic acids is 1. The van der Waals surface area contributed by atoms with E-state index < -0.39 is 0 Å². The van der Waals surface area contributed by atoms with Gasteiger partial charge in [-0.1, -0.05) is 30.3 Å². The van der Waals surface area contributed by atoms with Crippen molar-refractivity contribution in [1.29, 1.82) is 0 Å². The van der Waals surface area contributed by atoms with Gasteiger partial charge in [0.2, 0.25) is 5.91 Å². The van der Waals surface area contributed by atoms with Crippen LogP contribution in [-0.2, 0) is 4.79 Å². The molecule has 0 heterocycles. The number of hydrogen-bond donors (Lipinski definition) is 0. The molecule has 1 aliphatic carbocycles. The Kier molecular flexibility index (Phi) is 3.82. The quantitative estimate of drug-likeness (QED) is 0.762. The smallest absolute Gasteiger partial charge is 0.230 e. The van der Waals surface area contributed by atoms with Gasteiger partial charge in [0.1, 0.15) is 0 Å². The van der Waals surface area contributed by atoms with Gasteiger partial charge >= 0.3 is 0 Å². The number of nitrogens with zero attached hydrogens (tertiary/aromatic N) is 1. The lowest BCUT2D eigenvalue weighted by atomic mass is 9.92. The van der Waals surface area contributed by atoms with Crippen LogP contribution in [0.3, 0.4) is 0 Å². The molecule has 0 aromatic heterocycles. The average molecular weight is 231 g/mol. The normalized spacial score (nSPS) is 16.6. The number of likely N-dealkylation sites (N-methyl/N-ethyl adjacent to an activating group) is 1. The fourth-order valence-electron chi connectivity index (χ4n) is 2.44. The van der Waals surface area contributed by atoms with Gasteiger partial charge in [-0.15, -0.1) is 0 Å². The van der Waals surface area contributed by atoms with E-state index in [9.17, 15) is 4.79 Å². The molecule has 17 heavy (non-hydrogen) atoms. The van der Waals surface area contributed by atoms with Crippen LogP contribution in [0.5, 0.6) is 0 Å². The Morgan fingerprint density at radius 1 is 1.24 bits per heavy atom. The van der Waals surface area contributed by atoms with Gasteiger partial charge in [-0.3, -0.25) is 4.79 Å². The van der Waals surface area contributed by atoms with Crippen LogP contribution in [0, 0.1) is 5.92 Å². The Hall–Kier alpha value is -1.31. The summed E-state index contributed by atoms with van der Waals surface area (Å²) in [5.74, 6) is 0.977. The molecule has 1 aromatic rings. The predicted molar refractivity (Wildman–Crippen MR) is 69.8 cm³/mol. The fourth-order valence-corrected chi connectivity index (χ4v) is 2.44. The minimum absolute atomic E-state index is 0.0936. The molecule has 0 radical (unpaired) electrons. The third kappa shape index (κ3) is 2.68. The van der Waals surface area contributed by atoms with Gasteiger partial charge in [0.25, 0.3) is 0 Å². The Balaban J connectivity index is 2.21. The molecule has 1 amide bonds. The van der Waals surface area contributed by atoms with E-state index in [0.29, 0.717) is 11.8 Å². The lowest BCUT2D eigenvalue weighted by Crippen LogP contribution is -2.35. The highest BCUT2D eigenvalue weighted by molar-refractivity contribution is 5.84. The van der Waals surface area contributed by atoms with Crippen LogP contribution >= 0.6 is 0 Å². The third-order valence-electron chi connectivity index (χ3n) is 3.59. The summed E-state index contributed by atoms with van der Waals surface area (Å²) in [5, 5.41) is 0. The zero-order valence-corrected chi connectivity index (χ0v) is 10.7. The van der Waals surface area contributed by atoms with Crippen molar-refractivity contribution in [2.45, 2.75) is 32.6 Å². The minimum atomic E-state index is 0.0936. The van der Waals surface area contributed by atoms with E-state index >= 15 is 0 Å². The summed E-state index contributed by atoms with van der Waals surface area (Å²) in [6, 6.07) is 10.2. The number of amides is 1. The van der Waals surface area contributed by atoms with Gasteiger partial charge in [-0.05, 0) is 38.2 Å². The second-order valence-corrected chi connectivity index (χ2v) is 4.74. The summed E-state index contributed by atoms with van der Waals surface area (Å²) in [7, 11) is 0. The van der Waals surface area contributed by atoms with Crippen molar-refractivity contribution in [2.75, 3.05) is 13.1 Å². The predicted octanol–water partition coefficient (Wildman–Crippen LogP) is 3.05. The van der Waals surface area contributed by atoms with Gasteiger partial charge in [-0.2, -0.15) is 0 Å². The molecular formula is C15H21NO. The first-order chi connectivity index (χ1) is 8.27. The summed E-state index contributed by atoms with van der Waals surface area (Å²) in [4.78, 5) is 14.5. The number of rotatable bonds is 5. The Bertz CT molecular complexity index is 366. The van der Waals surface area contributed by atoms with Crippen LogP contribution in [0.2, 0.25) is 0 Å². The van der Waals surface area contributed by atoms with Crippen LogP contribution in [-0.4, -0.2) is 23.9 Å². The highest BCUT2D eigenvalue weighted by Gasteiger charge is 2.38. The van der Waals surface area contributed by atoms with Crippen LogP contribution < -0.4 is 0 Å². The molecule has 1 unspecified atom stereocenters. The van der Waals surface area contributed by atoms with Crippen molar-refractivity contribution in [3.8, 4) is 0 Å². The highest BCUT2D eigenvalue weighted by Crippen LogP contribution is 2.43. The Morgan fingerprint density at radius 2 is 1.82 bits per heavy atom. The summed E-state index contributed by atoms with van der Waals surface area (Å²) >= 11 is 0. The maximum absolute atomic E-state index is 12.5. The summed E-state index contributed by atoms with van der Waals surface area (Å²) in [5.41, 5.74) is 1.19. The third-order valence-corrected chi connectivity index (χ3v) is 3.59. The van der Waals surface area contributed by atoms with Crippen molar-refractivity contribution in [3.63, 3.8) is 0 Å². The van der Waals surface area contributed by atoms with E-state index in [1.807, 2.05) is 23.1 Å². The van der Waals surface area contributed by atoms with E-state index in [1.165, 1.54) is 18.4 Å². The molecule has 92 valence electrons. The summed E-state index contributed by atoms with van der Waals surface area (Å²) in [6.45, 7) is 5.73. The Morgan fingerprint density at radius 3 is 2.29 bits per heavy atom. The maximum atomic E-state index is 12.5. The fraction of sp³-hybridized carbons (Fsp3) is 0.533. The molecule has 1 atom stereocenters. The number of hydrogen-bond acceptors (Lipinski definition) is 1. The lowest BCUT2D eigenvalue weighted by molar-refractivity contribution is -0.132. The standard InChI is InChI=1S/C15H21NO/c1-3-16(4-2)15(17)14(13-10-11-13)12-8-6-5-7-9-12/h5-9,13-14H,3-4,10-11H2,1-2H3. The van der Waals surface area contributed by atoms with Crippen molar-refractivity contribution in [1.82, 2.24) is 4.90 Å². The van der Waals surface area contributed by atoms with Gasteiger partial charge < -0.3 is 4.90 Å². The van der Waals surface area contributed by atoms with Crippen LogP contribution in [0.25, 0.3) is 0 Å². The molecule has 0 aliphatic heterocycles. The zero-order chi connectivity index (χ0) is 12.3. The first-order valence-corrected chi connectivity index (χ1v) is 6.61. The van der Waals surface area contributed by atoms with Crippen molar-refractivity contribution in [2.24, 2.45) is 5.92 Å². The van der Waals surface area contributed by atoms with Gasteiger partial charge in [-0.25, -0.2) is 0 Å². The molecule has 2 heteroatoms. The van der Waals surface area contributed by atoms with E-state index in [2.05, 4.69) is 26.0 Å². The second kappa shape index (κ2) is 5.35.